The molecule has 1 fully saturated rings. The fourth-order valence-electron chi connectivity index (χ4n) is 3.78. The summed E-state index contributed by atoms with van der Waals surface area (Å²) < 4.78 is 2.17. The van der Waals surface area contributed by atoms with E-state index in [2.05, 4.69) is 36.6 Å². The van der Waals surface area contributed by atoms with Gasteiger partial charge in [0.2, 0.25) is 5.91 Å². The van der Waals surface area contributed by atoms with Gasteiger partial charge < -0.3 is 15.2 Å². The predicted octanol–water partition coefficient (Wildman–Crippen LogP) is 3.52. The number of aromatic nitrogens is 1. The Labute approximate surface area is 156 Å². The van der Waals surface area contributed by atoms with E-state index in [1.807, 2.05) is 17.9 Å². The van der Waals surface area contributed by atoms with Crippen molar-refractivity contribution in [2.75, 3.05) is 13.1 Å². The van der Waals surface area contributed by atoms with Crippen LogP contribution in [-0.4, -0.2) is 34.5 Å². The number of nitrogens with two attached hydrogens (primary N) is 1. The van der Waals surface area contributed by atoms with E-state index in [0.717, 1.165) is 43.8 Å². The Morgan fingerprint density at radius 2 is 1.92 bits per heavy atom. The van der Waals surface area contributed by atoms with Gasteiger partial charge >= 0.3 is 0 Å². The average molecular weight is 364 g/mol. The summed E-state index contributed by atoms with van der Waals surface area (Å²) >= 11 is 0. The van der Waals surface area contributed by atoms with Crippen molar-refractivity contribution in [3.63, 3.8) is 0 Å². The highest BCUT2D eigenvalue weighted by molar-refractivity contribution is 5.87. The predicted molar refractivity (Wildman–Crippen MR) is 106 cm³/mol. The zero-order chi connectivity index (χ0) is 17.3. The molecule has 25 heavy (non-hydrogen) atoms. The molecular weight excluding hydrogens is 334 g/mol. The number of likely N-dealkylation sites (tertiary alicyclic amines) is 1. The number of amides is 1. The van der Waals surface area contributed by atoms with E-state index < -0.39 is 0 Å². The molecule has 138 valence electrons. The van der Waals surface area contributed by atoms with Gasteiger partial charge in [0.05, 0.1) is 0 Å². The SMILES string of the molecule is Cc1c(CC(C)N)c2ccccc2n1CC(=O)N1CCC(C)CC1.Cl. The number of hydrogen-bond acceptors (Lipinski definition) is 2. The van der Waals surface area contributed by atoms with Gasteiger partial charge in [0.1, 0.15) is 6.54 Å². The summed E-state index contributed by atoms with van der Waals surface area (Å²) in [6.45, 7) is 8.64. The molecule has 4 nitrogen and oxygen atoms in total. The van der Waals surface area contributed by atoms with E-state index in [-0.39, 0.29) is 24.4 Å². The van der Waals surface area contributed by atoms with Crippen LogP contribution in [0.5, 0.6) is 0 Å². The number of para-hydroxylation sites is 1. The second-order valence-corrected chi connectivity index (χ2v) is 7.41. The van der Waals surface area contributed by atoms with Crippen molar-refractivity contribution in [1.29, 1.82) is 0 Å². The first kappa shape index (κ1) is 19.8. The highest BCUT2D eigenvalue weighted by atomic mass is 35.5. The molecule has 2 heterocycles. The summed E-state index contributed by atoms with van der Waals surface area (Å²) in [6.07, 6.45) is 3.08. The molecular formula is C20H30ClN3O. The number of carbonyl (C=O) groups is 1. The van der Waals surface area contributed by atoms with Gasteiger partial charge in [-0.25, -0.2) is 0 Å². The number of halogens is 1. The van der Waals surface area contributed by atoms with Crippen molar-refractivity contribution < 1.29 is 4.79 Å². The third-order valence-electron chi connectivity index (χ3n) is 5.32. The first-order valence-corrected chi connectivity index (χ1v) is 9.07. The Morgan fingerprint density at radius 1 is 1.28 bits per heavy atom. The Balaban J connectivity index is 0.00000225. The Hall–Kier alpha value is -1.52. The molecule has 0 bridgehead atoms. The minimum absolute atomic E-state index is 0. The van der Waals surface area contributed by atoms with Gasteiger partial charge in [-0.1, -0.05) is 25.1 Å². The zero-order valence-corrected chi connectivity index (χ0v) is 16.3. The van der Waals surface area contributed by atoms with E-state index >= 15 is 0 Å². The summed E-state index contributed by atoms with van der Waals surface area (Å²) in [5.41, 5.74) is 9.64. The highest BCUT2D eigenvalue weighted by Crippen LogP contribution is 2.27. The second-order valence-electron chi connectivity index (χ2n) is 7.41. The van der Waals surface area contributed by atoms with Crippen LogP contribution >= 0.6 is 12.4 Å². The second kappa shape index (κ2) is 8.24. The Kier molecular flexibility index (Phi) is 6.53. The molecule has 1 aliphatic heterocycles. The summed E-state index contributed by atoms with van der Waals surface area (Å²) in [5.74, 6) is 0.971. The van der Waals surface area contributed by atoms with Crippen LogP contribution in [0, 0.1) is 12.8 Å². The van der Waals surface area contributed by atoms with Crippen molar-refractivity contribution >= 4 is 29.2 Å². The minimum Gasteiger partial charge on any atom is -0.341 e. The van der Waals surface area contributed by atoms with Crippen molar-refractivity contribution in [3.8, 4) is 0 Å². The van der Waals surface area contributed by atoms with Crippen LogP contribution in [0.2, 0.25) is 0 Å². The molecule has 3 rings (SSSR count). The maximum absolute atomic E-state index is 12.8. The normalized spacial score (nSPS) is 16.7. The molecule has 1 aromatic carbocycles. The minimum atomic E-state index is 0. The van der Waals surface area contributed by atoms with Gasteiger partial charge in [0, 0.05) is 35.7 Å². The number of rotatable bonds is 4. The first-order chi connectivity index (χ1) is 11.5. The first-order valence-electron chi connectivity index (χ1n) is 9.07. The van der Waals surface area contributed by atoms with E-state index in [1.54, 1.807) is 0 Å². The number of fused-ring (bicyclic) bond motifs is 1. The highest BCUT2D eigenvalue weighted by Gasteiger charge is 2.22. The standard InChI is InChI=1S/C20H29N3O.ClH/c1-14-8-10-22(11-9-14)20(24)13-23-16(3)18(12-15(2)21)17-6-4-5-7-19(17)23;/h4-7,14-15H,8-13,21H2,1-3H3;1H. The zero-order valence-electron chi connectivity index (χ0n) is 15.5. The number of nitrogens with zero attached hydrogens (tertiary/aromatic N) is 2. The lowest BCUT2D eigenvalue weighted by atomic mass is 9.99. The summed E-state index contributed by atoms with van der Waals surface area (Å²) in [7, 11) is 0. The third kappa shape index (κ3) is 4.18. The molecule has 1 unspecified atom stereocenters. The van der Waals surface area contributed by atoms with Gasteiger partial charge in [-0.3, -0.25) is 4.79 Å². The van der Waals surface area contributed by atoms with Crippen LogP contribution in [0.4, 0.5) is 0 Å². The van der Waals surface area contributed by atoms with Gasteiger partial charge in [-0.2, -0.15) is 0 Å². The van der Waals surface area contributed by atoms with Crippen molar-refractivity contribution in [2.45, 2.75) is 52.6 Å². The van der Waals surface area contributed by atoms with Crippen LogP contribution < -0.4 is 5.73 Å². The topological polar surface area (TPSA) is 51.3 Å². The van der Waals surface area contributed by atoms with Crippen molar-refractivity contribution in [1.82, 2.24) is 9.47 Å². The molecule has 1 aromatic heterocycles. The van der Waals surface area contributed by atoms with Crippen LogP contribution in [0.1, 0.15) is 37.9 Å². The van der Waals surface area contributed by atoms with Gasteiger partial charge in [0.25, 0.3) is 0 Å². The Morgan fingerprint density at radius 3 is 2.56 bits per heavy atom. The quantitative estimate of drug-likeness (QED) is 0.903. The van der Waals surface area contributed by atoms with E-state index in [4.69, 9.17) is 5.73 Å². The Bertz CT molecular complexity index is 730. The van der Waals surface area contributed by atoms with Gasteiger partial charge in [-0.15, -0.1) is 12.4 Å². The number of piperidine rings is 1. The molecule has 0 aliphatic carbocycles. The smallest absolute Gasteiger partial charge is 0.242 e. The molecule has 1 saturated heterocycles. The van der Waals surface area contributed by atoms with E-state index in [9.17, 15) is 4.79 Å². The summed E-state index contributed by atoms with van der Waals surface area (Å²) in [6, 6.07) is 8.47. The lowest BCUT2D eigenvalue weighted by Crippen LogP contribution is -2.39. The molecule has 2 N–H and O–H groups in total. The van der Waals surface area contributed by atoms with Crippen molar-refractivity contribution in [3.05, 3.63) is 35.5 Å². The van der Waals surface area contributed by atoms with Crippen LogP contribution in [-0.2, 0) is 17.8 Å². The average Bonchev–Trinajstić information content (AvgIpc) is 2.81. The monoisotopic (exact) mass is 363 g/mol. The lowest BCUT2D eigenvalue weighted by molar-refractivity contribution is -0.133. The summed E-state index contributed by atoms with van der Waals surface area (Å²) in [4.78, 5) is 14.8. The fraction of sp³-hybridized carbons (Fsp3) is 0.550. The molecule has 1 amide bonds. The van der Waals surface area contributed by atoms with Crippen LogP contribution in [0.15, 0.2) is 24.3 Å². The molecule has 0 spiro atoms. The lowest BCUT2D eigenvalue weighted by Gasteiger charge is -2.30. The largest absolute Gasteiger partial charge is 0.341 e. The molecule has 0 saturated carbocycles. The van der Waals surface area contributed by atoms with Crippen LogP contribution in [0.25, 0.3) is 10.9 Å². The number of benzene rings is 1. The van der Waals surface area contributed by atoms with Crippen molar-refractivity contribution in [2.24, 2.45) is 11.7 Å². The number of carbonyl (C=O) groups excluding carboxylic acids is 1. The molecule has 0 radical (unpaired) electrons. The summed E-state index contributed by atoms with van der Waals surface area (Å²) in [5, 5.41) is 1.23. The molecule has 1 atom stereocenters. The number of hydrogen-bond donors (Lipinski definition) is 1. The molecule has 5 heteroatoms. The third-order valence-corrected chi connectivity index (χ3v) is 5.32. The maximum Gasteiger partial charge on any atom is 0.242 e. The van der Waals surface area contributed by atoms with Gasteiger partial charge in [0.15, 0.2) is 0 Å². The van der Waals surface area contributed by atoms with E-state index in [0.29, 0.717) is 6.54 Å². The molecule has 1 aliphatic rings. The van der Waals surface area contributed by atoms with E-state index in [1.165, 1.54) is 16.6 Å². The molecule has 2 aromatic rings. The maximum atomic E-state index is 12.8. The van der Waals surface area contributed by atoms with Gasteiger partial charge in [-0.05, 0) is 50.7 Å². The van der Waals surface area contributed by atoms with Crippen LogP contribution in [0.3, 0.4) is 0 Å². The fourth-order valence-corrected chi connectivity index (χ4v) is 3.78.